The number of carbonyl (C=O) groups is 1. The average Bonchev–Trinajstić information content (AvgIpc) is 2.84. The zero-order valence-electron chi connectivity index (χ0n) is 12.9. The quantitative estimate of drug-likeness (QED) is 0.666. The number of nitrogens with zero attached hydrogens (tertiary/aromatic N) is 1. The molecular weight excluding hydrogens is 413 g/mol. The first-order valence-electron chi connectivity index (χ1n) is 7.88. The summed E-state index contributed by atoms with van der Waals surface area (Å²) < 4.78 is 5.08. The van der Waals surface area contributed by atoms with Crippen molar-refractivity contribution < 1.29 is 54.6 Å². The van der Waals surface area contributed by atoms with Crippen LogP contribution in [-0.2, 0) is 4.74 Å². The summed E-state index contributed by atoms with van der Waals surface area (Å²) in [5.41, 5.74) is 0. The second-order valence-corrected chi connectivity index (χ2v) is 6.42. The van der Waals surface area contributed by atoms with E-state index in [4.69, 9.17) is 4.74 Å². The van der Waals surface area contributed by atoms with Crippen LogP contribution in [0.5, 0.6) is 0 Å². The maximum Gasteiger partial charge on any atom is 0.229 e. The normalized spacial score (nSPS) is 25.9. The van der Waals surface area contributed by atoms with Gasteiger partial charge in [-0.3, -0.25) is 4.79 Å². The Kier molecular flexibility index (Phi) is 8.95. The number of hydrogen-bond donors (Lipinski definition) is 2. The molecule has 0 aromatic heterocycles. The van der Waals surface area contributed by atoms with Crippen LogP contribution in [0, 0.1) is 45.9 Å². The summed E-state index contributed by atoms with van der Waals surface area (Å²) >= 11 is 0. The molecule has 0 spiro atoms. The minimum atomic E-state index is -0.672. The summed E-state index contributed by atoms with van der Waals surface area (Å²) in [5, 5.41) is 17.6. The van der Waals surface area contributed by atoms with Gasteiger partial charge in [0.25, 0.3) is 0 Å². The number of nitrogens with one attached hydrogen (secondary N) is 1. The molecule has 1 saturated heterocycles. The zero-order chi connectivity index (χ0) is 14.5. The number of carbonyl (C=O) groups excluding carboxylic acids is 1. The van der Waals surface area contributed by atoms with E-state index in [1.165, 1.54) is 32.1 Å². The van der Waals surface area contributed by atoms with Crippen molar-refractivity contribution in [2.75, 3.05) is 6.54 Å². The number of amides is 1. The van der Waals surface area contributed by atoms with E-state index in [1.807, 2.05) is 0 Å². The van der Waals surface area contributed by atoms with Gasteiger partial charge in [-0.05, 0) is 12.3 Å². The molecule has 0 bridgehead atoms. The average molecular weight is 441 g/mol. The topological polar surface area (TPSA) is 72.7 Å². The van der Waals surface area contributed by atoms with Gasteiger partial charge in [0.1, 0.15) is 12.2 Å². The van der Waals surface area contributed by atoms with Gasteiger partial charge in [-0.25, -0.2) is 0 Å². The number of hydrogen-bond acceptors (Lipinski definition) is 4. The Morgan fingerprint density at radius 3 is 2.52 bits per heavy atom. The summed E-state index contributed by atoms with van der Waals surface area (Å²) in [5.74, 6) is 0.670. The van der Waals surface area contributed by atoms with Gasteiger partial charge in [-0.2, -0.15) is 0 Å². The molecule has 2 N–H and O–H groups in total. The van der Waals surface area contributed by atoms with E-state index in [1.54, 1.807) is 0 Å². The Morgan fingerprint density at radius 1 is 1.33 bits per heavy atom. The number of cyclic esters (lactones) is 1. The largest absolute Gasteiger partial charge is 0.614 e. The Bertz CT molecular complexity index is 322. The molecule has 1 amide bonds. The molecule has 3 atom stereocenters. The van der Waals surface area contributed by atoms with Crippen LogP contribution in [0.2, 0.25) is 0 Å². The van der Waals surface area contributed by atoms with Gasteiger partial charge in [0.2, 0.25) is 6.09 Å². The standard InChI is InChI=1S/C15H28N2O3.Gd/c1-10(2)17-12(8-11-6-4-3-5-7-11)14(18)13-9-16-15(19)20-13;/h10-14,17-18H,3-9H2,1-2H3,(H,16,19);/p-1. The minimum absolute atomic E-state index is 0. The first-order valence-corrected chi connectivity index (χ1v) is 7.88. The van der Waals surface area contributed by atoms with Crippen LogP contribution in [0.3, 0.4) is 0 Å². The molecule has 1 aliphatic heterocycles. The van der Waals surface area contributed by atoms with Gasteiger partial charge in [0.15, 0.2) is 0 Å². The smallest absolute Gasteiger partial charge is 0.229 e. The van der Waals surface area contributed by atoms with Crippen LogP contribution in [-0.4, -0.2) is 42.0 Å². The fourth-order valence-corrected chi connectivity index (χ4v) is 3.32. The number of rotatable bonds is 6. The van der Waals surface area contributed by atoms with Crippen molar-refractivity contribution in [3.8, 4) is 0 Å². The summed E-state index contributed by atoms with van der Waals surface area (Å²) in [6.07, 6.45) is 5.67. The van der Waals surface area contributed by atoms with E-state index < -0.39 is 18.3 Å². The SMILES string of the molecule is CC(C)NC(CC1CCCCC1)C(O)C1C[N-]C(=O)O1.[Gd]. The fourth-order valence-electron chi connectivity index (χ4n) is 3.32. The maximum absolute atomic E-state index is 11.1. The van der Waals surface area contributed by atoms with Crippen LogP contribution >= 0.6 is 0 Å². The number of aliphatic hydroxyl groups excluding tert-OH is 1. The van der Waals surface area contributed by atoms with Crippen molar-refractivity contribution in [1.82, 2.24) is 5.32 Å². The van der Waals surface area contributed by atoms with Gasteiger partial charge >= 0.3 is 0 Å². The first kappa shape index (κ1) is 19.6. The van der Waals surface area contributed by atoms with Crippen LogP contribution in [0.25, 0.3) is 5.32 Å². The van der Waals surface area contributed by atoms with Gasteiger partial charge in [0.05, 0.1) is 0 Å². The van der Waals surface area contributed by atoms with E-state index in [2.05, 4.69) is 24.5 Å². The monoisotopic (exact) mass is 441 g/mol. The molecule has 21 heavy (non-hydrogen) atoms. The van der Waals surface area contributed by atoms with Crippen molar-refractivity contribution in [2.24, 2.45) is 5.92 Å². The van der Waals surface area contributed by atoms with Crippen molar-refractivity contribution in [3.05, 3.63) is 5.32 Å². The predicted molar refractivity (Wildman–Crippen MR) is 77.8 cm³/mol. The van der Waals surface area contributed by atoms with E-state index in [0.29, 0.717) is 12.0 Å². The zero-order valence-corrected chi connectivity index (χ0v) is 15.2. The second kappa shape index (κ2) is 9.61. The van der Waals surface area contributed by atoms with E-state index in [0.717, 1.165) is 6.42 Å². The van der Waals surface area contributed by atoms with Crippen LogP contribution in [0.4, 0.5) is 4.79 Å². The third-order valence-corrected chi connectivity index (χ3v) is 4.31. The van der Waals surface area contributed by atoms with Crippen LogP contribution in [0.15, 0.2) is 0 Å². The Morgan fingerprint density at radius 2 is 2.00 bits per heavy atom. The first-order chi connectivity index (χ1) is 9.56. The third kappa shape index (κ3) is 6.26. The van der Waals surface area contributed by atoms with Gasteiger partial charge in [-0.15, -0.1) is 0 Å². The molecule has 124 valence electrons. The van der Waals surface area contributed by atoms with Crippen molar-refractivity contribution >= 4 is 6.09 Å². The molecule has 5 nitrogen and oxygen atoms in total. The van der Waals surface area contributed by atoms with Gasteiger partial charge in [0, 0.05) is 52.0 Å². The van der Waals surface area contributed by atoms with Crippen LogP contribution < -0.4 is 5.32 Å². The molecule has 2 aliphatic rings. The molecule has 1 saturated carbocycles. The Hall–Kier alpha value is 0.515. The molecule has 0 aromatic rings. The number of aliphatic hydroxyl groups is 1. The summed E-state index contributed by atoms with van der Waals surface area (Å²) in [7, 11) is 0. The molecule has 2 rings (SSSR count). The molecule has 1 heterocycles. The van der Waals surface area contributed by atoms with Gasteiger partial charge in [-0.1, -0.05) is 52.5 Å². The van der Waals surface area contributed by atoms with Crippen LogP contribution in [0.1, 0.15) is 52.4 Å². The third-order valence-electron chi connectivity index (χ3n) is 4.31. The van der Waals surface area contributed by atoms with E-state index in [9.17, 15) is 9.90 Å². The molecule has 0 radical (unpaired) electrons. The predicted octanol–water partition coefficient (Wildman–Crippen LogP) is 2.58. The molecule has 0 aromatic carbocycles. The summed E-state index contributed by atoms with van der Waals surface area (Å²) in [6.45, 7) is 4.43. The molecule has 3 unspecified atom stereocenters. The summed E-state index contributed by atoms with van der Waals surface area (Å²) in [6, 6.07) is 0.275. The van der Waals surface area contributed by atoms with Gasteiger partial charge < -0.3 is 20.5 Å². The summed E-state index contributed by atoms with van der Waals surface area (Å²) in [4.78, 5) is 11.1. The second-order valence-electron chi connectivity index (χ2n) is 6.42. The molecule has 6 heteroatoms. The molecule has 2 fully saturated rings. The maximum atomic E-state index is 11.1. The molecule has 1 aliphatic carbocycles. The Labute approximate surface area is 159 Å². The van der Waals surface area contributed by atoms with Crippen molar-refractivity contribution in [1.29, 1.82) is 0 Å². The van der Waals surface area contributed by atoms with E-state index in [-0.39, 0.29) is 52.5 Å². The molecular formula is C15H27GdN2O3-. The van der Waals surface area contributed by atoms with Crippen molar-refractivity contribution in [3.63, 3.8) is 0 Å². The Balaban J connectivity index is 0.00000220. The van der Waals surface area contributed by atoms with Crippen molar-refractivity contribution in [2.45, 2.75) is 76.7 Å². The minimum Gasteiger partial charge on any atom is -0.614 e. The fraction of sp³-hybridized carbons (Fsp3) is 0.933. The van der Waals surface area contributed by atoms with E-state index >= 15 is 0 Å². The number of ether oxygens (including phenoxy) is 1.